The zero-order valence-corrected chi connectivity index (χ0v) is 23.0. The van der Waals surface area contributed by atoms with Gasteiger partial charge in [-0.15, -0.1) is 0 Å². The first kappa shape index (κ1) is 32.0. The number of esters is 3. The highest BCUT2D eigenvalue weighted by Crippen LogP contribution is 2.16. The van der Waals surface area contributed by atoms with Crippen LogP contribution in [0.2, 0.25) is 0 Å². The van der Waals surface area contributed by atoms with Gasteiger partial charge >= 0.3 is 17.9 Å². The number of hydrogen-bond donors (Lipinski definition) is 0. The Morgan fingerprint density at radius 2 is 1.41 bits per heavy atom. The Morgan fingerprint density at radius 3 is 2.05 bits per heavy atom. The number of cyclic esters (lactones) is 3. The fraction of sp³-hybridized carbons (Fsp3) is 0.536. The summed E-state index contributed by atoms with van der Waals surface area (Å²) in [6.07, 6.45) is 1.22. The van der Waals surface area contributed by atoms with Crippen molar-refractivity contribution in [2.45, 2.75) is 64.3 Å². The van der Waals surface area contributed by atoms with E-state index in [1.54, 1.807) is 47.1 Å². The molecule has 1 aliphatic heterocycles. The molecule has 11 heteroatoms. The summed E-state index contributed by atoms with van der Waals surface area (Å²) in [7, 11) is 3.12. The lowest BCUT2D eigenvalue weighted by molar-refractivity contribution is -0.159. The van der Waals surface area contributed by atoms with Crippen LogP contribution in [0.5, 0.6) is 5.75 Å². The Balaban J connectivity index is 2.18. The molecule has 0 fully saturated rings. The molecule has 0 bridgehead atoms. The van der Waals surface area contributed by atoms with E-state index in [-0.39, 0.29) is 19.8 Å². The van der Waals surface area contributed by atoms with Crippen molar-refractivity contribution in [2.24, 2.45) is 0 Å². The molecule has 1 heterocycles. The highest BCUT2D eigenvalue weighted by atomic mass is 16.7. The second-order valence-corrected chi connectivity index (χ2v) is 8.78. The van der Waals surface area contributed by atoms with Gasteiger partial charge in [0.2, 0.25) is 0 Å². The summed E-state index contributed by atoms with van der Waals surface area (Å²) in [5.74, 6) is -1.25. The molecular formula is C28H38O11. The minimum atomic E-state index is -0.813. The van der Waals surface area contributed by atoms with Crippen LogP contribution in [0.1, 0.15) is 32.8 Å². The normalized spacial score (nSPS) is 26.7. The van der Waals surface area contributed by atoms with Gasteiger partial charge in [-0.3, -0.25) is 4.79 Å². The third-order valence-corrected chi connectivity index (χ3v) is 5.54. The molecule has 1 aromatic rings. The fourth-order valence-electron chi connectivity index (χ4n) is 3.41. The van der Waals surface area contributed by atoms with Crippen molar-refractivity contribution < 1.29 is 52.3 Å². The van der Waals surface area contributed by atoms with E-state index in [1.165, 1.54) is 18.2 Å². The fourth-order valence-corrected chi connectivity index (χ4v) is 3.41. The number of hydrogen-bond acceptors (Lipinski definition) is 11. The van der Waals surface area contributed by atoms with Crippen LogP contribution in [0.25, 0.3) is 0 Å². The molecule has 0 aromatic heterocycles. The Morgan fingerprint density at radius 1 is 0.795 bits per heavy atom. The summed E-state index contributed by atoms with van der Waals surface area (Å²) in [5, 5.41) is 0. The van der Waals surface area contributed by atoms with Gasteiger partial charge in [0, 0.05) is 19.3 Å². The van der Waals surface area contributed by atoms with Gasteiger partial charge in [0.05, 0.1) is 33.4 Å². The molecule has 39 heavy (non-hydrogen) atoms. The first-order chi connectivity index (χ1) is 18.7. The lowest BCUT2D eigenvalue weighted by atomic mass is 10.2. The molecule has 0 spiro atoms. The van der Waals surface area contributed by atoms with E-state index in [4.69, 9.17) is 37.9 Å². The monoisotopic (exact) mass is 550 g/mol. The van der Waals surface area contributed by atoms with Crippen molar-refractivity contribution in [3.05, 3.63) is 54.1 Å². The third-order valence-electron chi connectivity index (χ3n) is 5.54. The smallest absolute Gasteiger partial charge is 0.330 e. The standard InChI is InChI=1S/C28H38O11/c1-19-16-28(31)39-20(2)24(35-17-22-6-8-23(33-5)9-7-22)10-13-27(30)38-21(3)25(11-12-26(29)37-19)36-18-34-15-14-32-4/h6-13,19-21,24-25H,14-18H2,1-5H3/b12-11+,13-10+/t19-,20-,21-,24+,25+/m0/s1. The van der Waals surface area contributed by atoms with Gasteiger partial charge in [0.15, 0.2) is 0 Å². The highest BCUT2D eigenvalue weighted by molar-refractivity contribution is 5.83. The van der Waals surface area contributed by atoms with Crippen molar-refractivity contribution >= 4 is 17.9 Å². The highest BCUT2D eigenvalue weighted by Gasteiger charge is 2.24. The maximum atomic E-state index is 12.6. The molecular weight excluding hydrogens is 512 g/mol. The summed E-state index contributed by atoms with van der Waals surface area (Å²) >= 11 is 0. The summed E-state index contributed by atoms with van der Waals surface area (Å²) in [6, 6.07) is 7.28. The number of carbonyl (C=O) groups excluding carboxylic acids is 3. The van der Waals surface area contributed by atoms with E-state index in [0.29, 0.717) is 19.0 Å². The van der Waals surface area contributed by atoms with Crippen LogP contribution < -0.4 is 4.74 Å². The van der Waals surface area contributed by atoms with Crippen LogP contribution in [0.4, 0.5) is 0 Å². The van der Waals surface area contributed by atoms with Gasteiger partial charge in [0.1, 0.15) is 43.1 Å². The van der Waals surface area contributed by atoms with Gasteiger partial charge in [0.25, 0.3) is 0 Å². The number of carbonyl (C=O) groups is 3. The number of benzene rings is 1. The second kappa shape index (κ2) is 17.4. The summed E-state index contributed by atoms with van der Waals surface area (Å²) in [6.45, 7) is 5.60. The zero-order chi connectivity index (χ0) is 28.6. The van der Waals surface area contributed by atoms with Crippen LogP contribution in [0.15, 0.2) is 48.6 Å². The van der Waals surface area contributed by atoms with Gasteiger partial charge < -0.3 is 37.9 Å². The lowest BCUT2D eigenvalue weighted by Gasteiger charge is -2.24. The SMILES string of the molecule is COCCOCO[C@@H]1/C=C/C(=O)O[C@@H](C)CC(=O)O[C@@H](C)[C@H](OCc2ccc(OC)cc2)/C=C/C(=O)O[C@H]1C. The zero-order valence-electron chi connectivity index (χ0n) is 23.0. The molecule has 0 aliphatic carbocycles. The maximum Gasteiger partial charge on any atom is 0.330 e. The summed E-state index contributed by atoms with van der Waals surface area (Å²) < 4.78 is 43.3. The topological polar surface area (TPSA) is 125 Å². The lowest BCUT2D eigenvalue weighted by Crippen LogP contribution is -2.32. The van der Waals surface area contributed by atoms with E-state index in [0.717, 1.165) is 11.6 Å². The van der Waals surface area contributed by atoms with Crippen molar-refractivity contribution in [1.82, 2.24) is 0 Å². The number of rotatable bonds is 10. The van der Waals surface area contributed by atoms with Gasteiger partial charge in [-0.1, -0.05) is 12.1 Å². The molecule has 0 saturated carbocycles. The van der Waals surface area contributed by atoms with Crippen molar-refractivity contribution in [3.8, 4) is 5.75 Å². The van der Waals surface area contributed by atoms with Gasteiger partial charge in [-0.05, 0) is 50.6 Å². The molecule has 0 amide bonds. The molecule has 5 atom stereocenters. The molecule has 2 rings (SSSR count). The Hall–Kier alpha value is -3.25. The van der Waals surface area contributed by atoms with Crippen LogP contribution in [-0.2, 0) is 54.1 Å². The van der Waals surface area contributed by atoms with Gasteiger partial charge in [-0.2, -0.15) is 0 Å². The van der Waals surface area contributed by atoms with Gasteiger partial charge in [-0.25, -0.2) is 9.59 Å². The van der Waals surface area contributed by atoms with Crippen LogP contribution in [0.3, 0.4) is 0 Å². The van der Waals surface area contributed by atoms with Crippen LogP contribution >= 0.6 is 0 Å². The van der Waals surface area contributed by atoms with Crippen LogP contribution in [0, 0.1) is 0 Å². The second-order valence-electron chi connectivity index (χ2n) is 8.78. The minimum Gasteiger partial charge on any atom is -0.497 e. The Bertz CT molecular complexity index is 957. The minimum absolute atomic E-state index is 0.119. The number of ether oxygens (including phenoxy) is 8. The molecule has 0 N–H and O–H groups in total. The molecule has 1 aliphatic rings. The van der Waals surface area contributed by atoms with Crippen molar-refractivity contribution in [2.75, 3.05) is 34.2 Å². The predicted octanol–water partition coefficient (Wildman–Crippen LogP) is 2.90. The maximum absolute atomic E-state index is 12.6. The molecule has 1 aromatic carbocycles. The molecule has 11 nitrogen and oxygen atoms in total. The first-order valence-electron chi connectivity index (χ1n) is 12.6. The van der Waals surface area contributed by atoms with E-state index in [2.05, 4.69) is 0 Å². The summed E-state index contributed by atoms with van der Waals surface area (Å²) in [5.41, 5.74) is 0.853. The third kappa shape index (κ3) is 12.4. The van der Waals surface area contributed by atoms with E-state index >= 15 is 0 Å². The molecule has 0 unspecified atom stereocenters. The Labute approximate surface area is 228 Å². The predicted molar refractivity (Wildman–Crippen MR) is 139 cm³/mol. The van der Waals surface area contributed by atoms with E-state index < -0.39 is 48.4 Å². The average molecular weight is 551 g/mol. The Kier molecular flexibility index (Phi) is 14.2. The molecule has 0 saturated heterocycles. The van der Waals surface area contributed by atoms with Crippen LogP contribution in [-0.4, -0.2) is 82.7 Å². The van der Waals surface area contributed by atoms with E-state index in [9.17, 15) is 14.4 Å². The average Bonchev–Trinajstić information content (AvgIpc) is 2.89. The van der Waals surface area contributed by atoms with Crippen molar-refractivity contribution in [1.29, 1.82) is 0 Å². The first-order valence-corrected chi connectivity index (χ1v) is 12.6. The largest absolute Gasteiger partial charge is 0.497 e. The number of methoxy groups -OCH3 is 2. The molecule has 216 valence electrons. The summed E-state index contributed by atoms with van der Waals surface area (Å²) in [4.78, 5) is 37.4. The van der Waals surface area contributed by atoms with E-state index in [1.807, 2.05) is 12.1 Å². The van der Waals surface area contributed by atoms with Crippen molar-refractivity contribution in [3.63, 3.8) is 0 Å². The quantitative estimate of drug-likeness (QED) is 0.185. The molecule has 0 radical (unpaired) electrons.